The molecule has 0 aromatic carbocycles. The van der Waals surface area contributed by atoms with E-state index >= 15 is 0 Å². The number of amides is 1. The van der Waals surface area contributed by atoms with Crippen molar-refractivity contribution in [2.75, 3.05) is 5.43 Å². The topological polar surface area (TPSA) is 111 Å². The van der Waals surface area contributed by atoms with Gasteiger partial charge in [-0.3, -0.25) is 4.79 Å². The van der Waals surface area contributed by atoms with E-state index in [4.69, 9.17) is 5.84 Å². The number of nitrogen functional groups attached to an aromatic ring is 1. The quantitative estimate of drug-likeness (QED) is 0.547. The van der Waals surface area contributed by atoms with Crippen LogP contribution in [0.3, 0.4) is 0 Å². The van der Waals surface area contributed by atoms with Crippen molar-refractivity contribution in [1.29, 1.82) is 0 Å². The van der Waals surface area contributed by atoms with E-state index in [1.165, 1.54) is 0 Å². The number of aryl methyl sites for hydroxylation is 1. The van der Waals surface area contributed by atoms with Crippen molar-refractivity contribution in [1.82, 2.24) is 25.1 Å². The minimum Gasteiger partial charge on any atom is -0.345 e. The zero-order valence-corrected chi connectivity index (χ0v) is 12.3. The second-order valence-corrected chi connectivity index (χ2v) is 5.01. The first kappa shape index (κ1) is 14.9. The number of anilines is 1. The third-order valence-corrected chi connectivity index (χ3v) is 3.06. The highest BCUT2D eigenvalue weighted by Crippen LogP contribution is 2.17. The van der Waals surface area contributed by atoms with Crippen LogP contribution in [0.5, 0.6) is 0 Å². The van der Waals surface area contributed by atoms with Crippen LogP contribution < -0.4 is 16.6 Å². The van der Waals surface area contributed by atoms with Gasteiger partial charge in [-0.1, -0.05) is 13.8 Å². The fraction of sp³-hybridized carbons (Fsp3) is 0.385. The molecule has 2 rings (SSSR count). The zero-order valence-electron chi connectivity index (χ0n) is 12.3. The Kier molecular flexibility index (Phi) is 4.49. The number of pyridine rings is 1. The fourth-order valence-corrected chi connectivity index (χ4v) is 1.78. The first-order valence-corrected chi connectivity index (χ1v) is 6.61. The molecule has 8 nitrogen and oxygen atoms in total. The Labute approximate surface area is 122 Å². The number of hydrogen-bond acceptors (Lipinski definition) is 6. The normalized spacial score (nSPS) is 10.7. The maximum absolute atomic E-state index is 12.2. The molecule has 0 aliphatic rings. The number of carbonyl (C=O) groups excluding carboxylic acids is 1. The molecule has 0 unspecified atom stereocenters. The standard InChI is InChI=1S/C13H19N7O/c1-8(2)10-4-9(5-11(17-10)18-14)13(21)15-6-12-19-16-7-20(12)3/h4-5,7-8H,6,14H2,1-3H3,(H,15,21)(H,17,18). The van der Waals surface area contributed by atoms with Crippen molar-refractivity contribution >= 4 is 11.7 Å². The van der Waals surface area contributed by atoms with Gasteiger partial charge in [0, 0.05) is 18.3 Å². The molecule has 4 N–H and O–H groups in total. The molecule has 0 radical (unpaired) electrons. The van der Waals surface area contributed by atoms with Gasteiger partial charge in [0.25, 0.3) is 5.91 Å². The molecule has 0 atom stereocenters. The summed E-state index contributed by atoms with van der Waals surface area (Å²) in [5.41, 5.74) is 3.78. The summed E-state index contributed by atoms with van der Waals surface area (Å²) < 4.78 is 1.75. The third-order valence-electron chi connectivity index (χ3n) is 3.06. The minimum absolute atomic E-state index is 0.198. The molecule has 2 aromatic heterocycles. The minimum atomic E-state index is -0.209. The Morgan fingerprint density at radius 3 is 2.76 bits per heavy atom. The molecule has 112 valence electrons. The molecule has 0 saturated carbocycles. The van der Waals surface area contributed by atoms with Gasteiger partial charge in [0.1, 0.15) is 12.1 Å². The predicted octanol–water partition coefficient (Wildman–Crippen LogP) is 0.549. The third kappa shape index (κ3) is 3.54. The van der Waals surface area contributed by atoms with Gasteiger partial charge in [0.05, 0.1) is 6.54 Å². The van der Waals surface area contributed by atoms with Crippen LogP contribution in [0.2, 0.25) is 0 Å². The van der Waals surface area contributed by atoms with E-state index in [0.29, 0.717) is 23.8 Å². The van der Waals surface area contributed by atoms with Crippen LogP contribution in [-0.2, 0) is 13.6 Å². The van der Waals surface area contributed by atoms with E-state index in [9.17, 15) is 4.79 Å². The molecule has 0 fully saturated rings. The maximum Gasteiger partial charge on any atom is 0.251 e. The summed E-state index contributed by atoms with van der Waals surface area (Å²) >= 11 is 0. The lowest BCUT2D eigenvalue weighted by molar-refractivity contribution is 0.0949. The van der Waals surface area contributed by atoms with Gasteiger partial charge in [0.15, 0.2) is 5.82 Å². The molecule has 2 aromatic rings. The Morgan fingerprint density at radius 1 is 1.43 bits per heavy atom. The number of aromatic nitrogens is 4. The first-order valence-electron chi connectivity index (χ1n) is 6.61. The molecular weight excluding hydrogens is 270 g/mol. The SMILES string of the molecule is CC(C)c1cc(C(=O)NCc2nncn2C)cc(NN)n1. The molecule has 0 aliphatic carbocycles. The van der Waals surface area contributed by atoms with Crippen molar-refractivity contribution in [3.63, 3.8) is 0 Å². The number of nitrogens with zero attached hydrogens (tertiary/aromatic N) is 4. The highest BCUT2D eigenvalue weighted by Gasteiger charge is 2.12. The second kappa shape index (κ2) is 6.31. The van der Waals surface area contributed by atoms with Crippen LogP contribution in [0.4, 0.5) is 5.82 Å². The molecule has 8 heteroatoms. The van der Waals surface area contributed by atoms with Gasteiger partial charge in [0.2, 0.25) is 0 Å². The number of rotatable bonds is 5. The number of nitrogens with one attached hydrogen (secondary N) is 2. The highest BCUT2D eigenvalue weighted by atomic mass is 16.1. The van der Waals surface area contributed by atoms with Crippen LogP contribution in [0, 0.1) is 0 Å². The highest BCUT2D eigenvalue weighted by molar-refractivity contribution is 5.94. The van der Waals surface area contributed by atoms with Gasteiger partial charge >= 0.3 is 0 Å². The van der Waals surface area contributed by atoms with E-state index in [1.807, 2.05) is 20.9 Å². The molecule has 0 bridgehead atoms. The van der Waals surface area contributed by atoms with E-state index in [-0.39, 0.29) is 11.8 Å². The van der Waals surface area contributed by atoms with Gasteiger partial charge in [-0.15, -0.1) is 10.2 Å². The molecule has 21 heavy (non-hydrogen) atoms. The van der Waals surface area contributed by atoms with E-state index < -0.39 is 0 Å². The Balaban J connectivity index is 2.14. The molecule has 2 heterocycles. The van der Waals surface area contributed by atoms with Crippen molar-refractivity contribution in [3.05, 3.63) is 35.5 Å². The molecule has 0 spiro atoms. The van der Waals surface area contributed by atoms with Gasteiger partial charge in [-0.25, -0.2) is 10.8 Å². The summed E-state index contributed by atoms with van der Waals surface area (Å²) in [5, 5.41) is 10.5. The smallest absolute Gasteiger partial charge is 0.251 e. The number of carbonyl (C=O) groups is 1. The van der Waals surface area contributed by atoms with Gasteiger partial charge in [-0.2, -0.15) is 0 Å². The number of hydrogen-bond donors (Lipinski definition) is 3. The van der Waals surface area contributed by atoms with Crippen LogP contribution >= 0.6 is 0 Å². The largest absolute Gasteiger partial charge is 0.345 e. The Bertz CT molecular complexity index is 635. The van der Waals surface area contributed by atoms with Crippen LogP contribution in [0.15, 0.2) is 18.5 Å². The Hall–Kier alpha value is -2.48. The zero-order chi connectivity index (χ0) is 15.4. The van der Waals surface area contributed by atoms with Gasteiger partial charge < -0.3 is 15.3 Å². The van der Waals surface area contributed by atoms with Crippen LogP contribution in [0.25, 0.3) is 0 Å². The van der Waals surface area contributed by atoms with Crippen molar-refractivity contribution in [2.45, 2.75) is 26.3 Å². The van der Waals surface area contributed by atoms with Crippen molar-refractivity contribution in [3.8, 4) is 0 Å². The summed E-state index contributed by atoms with van der Waals surface area (Å²) in [5.74, 6) is 6.52. The summed E-state index contributed by atoms with van der Waals surface area (Å²) in [4.78, 5) is 16.5. The van der Waals surface area contributed by atoms with Crippen molar-refractivity contribution < 1.29 is 4.79 Å². The maximum atomic E-state index is 12.2. The lowest BCUT2D eigenvalue weighted by atomic mass is 10.1. The summed E-state index contributed by atoms with van der Waals surface area (Å²) in [6.45, 7) is 4.31. The lowest BCUT2D eigenvalue weighted by Crippen LogP contribution is -2.25. The summed E-state index contributed by atoms with van der Waals surface area (Å²) in [6, 6.07) is 3.37. The fourth-order valence-electron chi connectivity index (χ4n) is 1.78. The average Bonchev–Trinajstić information content (AvgIpc) is 2.89. The van der Waals surface area contributed by atoms with E-state index in [1.54, 1.807) is 23.0 Å². The molecule has 0 aliphatic heterocycles. The monoisotopic (exact) mass is 289 g/mol. The summed E-state index contributed by atoms with van der Waals surface area (Å²) in [7, 11) is 1.82. The first-order chi connectivity index (χ1) is 10.0. The van der Waals surface area contributed by atoms with Gasteiger partial charge in [-0.05, 0) is 18.1 Å². The second-order valence-electron chi connectivity index (χ2n) is 5.01. The Morgan fingerprint density at radius 2 is 2.19 bits per heavy atom. The molecule has 1 amide bonds. The van der Waals surface area contributed by atoms with E-state index in [2.05, 4.69) is 25.9 Å². The van der Waals surface area contributed by atoms with Crippen molar-refractivity contribution in [2.24, 2.45) is 12.9 Å². The summed E-state index contributed by atoms with van der Waals surface area (Å²) in [6.07, 6.45) is 1.58. The van der Waals surface area contributed by atoms with Crippen LogP contribution in [0.1, 0.15) is 41.6 Å². The van der Waals surface area contributed by atoms with E-state index in [0.717, 1.165) is 5.69 Å². The molecular formula is C13H19N7O. The van der Waals surface area contributed by atoms with Crippen LogP contribution in [-0.4, -0.2) is 25.7 Å². The lowest BCUT2D eigenvalue weighted by Gasteiger charge is -2.11. The average molecular weight is 289 g/mol. The number of nitrogens with two attached hydrogens (primary N) is 1. The number of hydrazine groups is 1. The predicted molar refractivity (Wildman–Crippen MR) is 78.3 cm³/mol. The molecule has 0 saturated heterocycles.